The van der Waals surface area contributed by atoms with Crippen LogP contribution in [-0.2, 0) is 16.6 Å². The Labute approximate surface area is 200 Å². The van der Waals surface area contributed by atoms with E-state index in [0.29, 0.717) is 21.4 Å². The zero-order chi connectivity index (χ0) is 23.0. The van der Waals surface area contributed by atoms with Crippen molar-refractivity contribution in [2.75, 3.05) is 12.2 Å². The molecule has 0 N–H and O–H groups in total. The Morgan fingerprint density at radius 1 is 0.939 bits per heavy atom. The number of rotatable bonds is 8. The van der Waals surface area contributed by atoms with Crippen molar-refractivity contribution in [2.24, 2.45) is 0 Å². The lowest BCUT2D eigenvalue weighted by molar-refractivity contribution is 0.415. The van der Waals surface area contributed by atoms with Crippen LogP contribution in [0.1, 0.15) is 11.1 Å². The third kappa shape index (κ3) is 5.70. The van der Waals surface area contributed by atoms with E-state index < -0.39 is 10.8 Å². The fourth-order valence-corrected chi connectivity index (χ4v) is 5.75. The van der Waals surface area contributed by atoms with Crippen LogP contribution >= 0.6 is 11.8 Å². The number of aromatic nitrogens is 1. The summed E-state index contributed by atoms with van der Waals surface area (Å²) in [6.45, 7) is 0. The fourth-order valence-electron chi connectivity index (χ4n) is 3.41. The second kappa shape index (κ2) is 11.0. The lowest BCUT2D eigenvalue weighted by Crippen LogP contribution is -2.01. The largest absolute Gasteiger partial charge is 0.497 e. The second-order valence-electron chi connectivity index (χ2n) is 7.27. The van der Waals surface area contributed by atoms with Gasteiger partial charge >= 0.3 is 0 Å². The molecule has 164 valence electrons. The first-order chi connectivity index (χ1) is 16.2. The SMILES string of the molecule is COc1ccc(-c2cc(-c3ccccc3)c(C#N)c(SC[S@@](=O)Cc3ccccc3)n2)cc1. The van der Waals surface area contributed by atoms with E-state index in [1.54, 1.807) is 7.11 Å². The van der Waals surface area contributed by atoms with Crippen LogP contribution in [0.4, 0.5) is 0 Å². The second-order valence-corrected chi connectivity index (χ2v) is 10.1. The zero-order valence-corrected chi connectivity index (χ0v) is 19.7. The molecular weight excluding hydrogens is 448 g/mol. The lowest BCUT2D eigenvalue weighted by Gasteiger charge is -2.13. The van der Waals surface area contributed by atoms with Crippen LogP contribution in [-0.4, -0.2) is 21.4 Å². The summed E-state index contributed by atoms with van der Waals surface area (Å²) >= 11 is 1.37. The maximum atomic E-state index is 12.7. The number of nitrogens with zero attached hydrogens (tertiary/aromatic N) is 2. The average molecular weight is 471 g/mol. The Morgan fingerprint density at radius 2 is 1.61 bits per heavy atom. The summed E-state index contributed by atoms with van der Waals surface area (Å²) in [5.74, 6) is 1.24. The van der Waals surface area contributed by atoms with Crippen molar-refractivity contribution in [1.82, 2.24) is 4.98 Å². The molecule has 0 aliphatic carbocycles. The molecular formula is C27H22N2O2S2. The van der Waals surface area contributed by atoms with Gasteiger partial charge in [0.05, 0.1) is 23.5 Å². The number of nitriles is 1. The molecule has 6 heteroatoms. The van der Waals surface area contributed by atoms with Gasteiger partial charge in [-0.2, -0.15) is 5.26 Å². The lowest BCUT2D eigenvalue weighted by atomic mass is 9.99. The fraction of sp³-hybridized carbons (Fsp3) is 0.111. The molecule has 4 nitrogen and oxygen atoms in total. The first kappa shape index (κ1) is 22.8. The molecule has 33 heavy (non-hydrogen) atoms. The highest BCUT2D eigenvalue weighted by molar-refractivity contribution is 8.10. The molecule has 0 saturated carbocycles. The molecule has 0 spiro atoms. The number of hydrogen-bond acceptors (Lipinski definition) is 5. The molecule has 4 aromatic rings. The minimum Gasteiger partial charge on any atom is -0.497 e. The van der Waals surface area contributed by atoms with Crippen LogP contribution in [0.25, 0.3) is 22.4 Å². The van der Waals surface area contributed by atoms with Crippen LogP contribution in [0.2, 0.25) is 0 Å². The molecule has 0 fully saturated rings. The quantitative estimate of drug-likeness (QED) is 0.283. The first-order valence-corrected chi connectivity index (χ1v) is 12.8. The average Bonchev–Trinajstić information content (AvgIpc) is 2.88. The van der Waals surface area contributed by atoms with Gasteiger partial charge in [0.15, 0.2) is 0 Å². The van der Waals surface area contributed by atoms with Gasteiger partial charge in [0, 0.05) is 27.7 Å². The molecule has 1 heterocycles. The number of benzene rings is 3. The van der Waals surface area contributed by atoms with Crippen molar-refractivity contribution < 1.29 is 8.95 Å². The van der Waals surface area contributed by atoms with Gasteiger partial charge in [0.2, 0.25) is 0 Å². The number of thioether (sulfide) groups is 1. The summed E-state index contributed by atoms with van der Waals surface area (Å²) in [6, 6.07) is 31.5. The Hall–Kier alpha value is -3.40. The van der Waals surface area contributed by atoms with Crippen LogP contribution < -0.4 is 4.74 Å². The Balaban J connectivity index is 1.69. The molecule has 1 atom stereocenters. The molecule has 0 amide bonds. The van der Waals surface area contributed by atoms with Crippen LogP contribution in [0.3, 0.4) is 0 Å². The van der Waals surface area contributed by atoms with Crippen LogP contribution in [0, 0.1) is 11.3 Å². The maximum Gasteiger partial charge on any atom is 0.118 e. The molecule has 0 radical (unpaired) electrons. The van der Waals surface area contributed by atoms with Gasteiger partial charge in [-0.3, -0.25) is 4.21 Å². The summed E-state index contributed by atoms with van der Waals surface area (Å²) in [6.07, 6.45) is 0. The van der Waals surface area contributed by atoms with Gasteiger partial charge < -0.3 is 4.74 Å². The van der Waals surface area contributed by atoms with Crippen molar-refractivity contribution in [1.29, 1.82) is 5.26 Å². The summed E-state index contributed by atoms with van der Waals surface area (Å²) in [4.78, 5) is 4.80. The third-order valence-corrected chi connectivity index (χ3v) is 7.81. The molecule has 0 aliphatic heterocycles. The van der Waals surface area contributed by atoms with Gasteiger partial charge in [-0.05, 0) is 41.5 Å². The van der Waals surface area contributed by atoms with Gasteiger partial charge in [0.1, 0.15) is 16.8 Å². The van der Waals surface area contributed by atoms with Crippen LogP contribution in [0.15, 0.2) is 96.0 Å². The standard InChI is InChI=1S/C27H22N2O2S2/c1-31-23-14-12-22(13-15-23)26-16-24(21-10-6-3-7-11-21)25(17-28)27(29-26)32-19-33(30)18-20-8-4-2-5-9-20/h2-16H,18-19H2,1H3/t33-/m0/s1. The molecule has 4 rings (SSSR count). The van der Waals surface area contributed by atoms with E-state index in [1.165, 1.54) is 11.8 Å². The van der Waals surface area contributed by atoms with Crippen molar-refractivity contribution in [3.05, 3.63) is 102 Å². The van der Waals surface area contributed by atoms with Crippen molar-refractivity contribution >= 4 is 22.6 Å². The van der Waals surface area contributed by atoms with Gasteiger partial charge in [-0.15, -0.1) is 0 Å². The zero-order valence-electron chi connectivity index (χ0n) is 18.1. The highest BCUT2D eigenvalue weighted by Gasteiger charge is 2.17. The van der Waals surface area contributed by atoms with Gasteiger partial charge in [-0.25, -0.2) is 4.98 Å². The van der Waals surface area contributed by atoms with Crippen LogP contribution in [0.5, 0.6) is 5.75 Å². The number of hydrogen-bond donors (Lipinski definition) is 0. The minimum atomic E-state index is -1.09. The Kier molecular flexibility index (Phi) is 7.56. The highest BCUT2D eigenvalue weighted by atomic mass is 32.2. The predicted molar refractivity (Wildman–Crippen MR) is 135 cm³/mol. The molecule has 0 aliphatic rings. The van der Waals surface area contributed by atoms with E-state index in [2.05, 4.69) is 6.07 Å². The molecule has 0 bridgehead atoms. The molecule has 3 aromatic carbocycles. The van der Waals surface area contributed by atoms with E-state index in [-0.39, 0.29) is 0 Å². The molecule has 0 unspecified atom stereocenters. The normalized spacial score (nSPS) is 11.5. The predicted octanol–water partition coefficient (Wildman–Crippen LogP) is 6.29. The maximum absolute atomic E-state index is 12.7. The van der Waals surface area contributed by atoms with Gasteiger partial charge in [-0.1, -0.05) is 72.4 Å². The summed E-state index contributed by atoms with van der Waals surface area (Å²) < 4.78 is 18.0. The van der Waals surface area contributed by atoms with E-state index in [0.717, 1.165) is 33.7 Å². The first-order valence-electron chi connectivity index (χ1n) is 10.3. The monoisotopic (exact) mass is 470 g/mol. The van der Waals surface area contributed by atoms with E-state index in [4.69, 9.17) is 9.72 Å². The van der Waals surface area contributed by atoms with E-state index >= 15 is 0 Å². The molecule has 0 saturated heterocycles. The Morgan fingerprint density at radius 3 is 2.24 bits per heavy atom. The smallest absolute Gasteiger partial charge is 0.118 e. The minimum absolute atomic E-state index is 0.358. The van der Waals surface area contributed by atoms with Crippen molar-refractivity contribution in [3.63, 3.8) is 0 Å². The molecule has 1 aromatic heterocycles. The number of ether oxygens (including phenoxy) is 1. The summed E-state index contributed by atoms with van der Waals surface area (Å²) in [5, 5.41) is 10.9. The van der Waals surface area contributed by atoms with Gasteiger partial charge in [0.25, 0.3) is 0 Å². The number of pyridine rings is 1. The van der Waals surface area contributed by atoms with E-state index in [1.807, 2.05) is 91.0 Å². The summed E-state index contributed by atoms with van der Waals surface area (Å²) in [7, 11) is 0.540. The summed E-state index contributed by atoms with van der Waals surface area (Å²) in [5.41, 5.74) is 4.97. The van der Waals surface area contributed by atoms with Crippen molar-refractivity contribution in [3.8, 4) is 34.2 Å². The van der Waals surface area contributed by atoms with E-state index in [9.17, 15) is 9.47 Å². The topological polar surface area (TPSA) is 63.0 Å². The number of methoxy groups -OCH3 is 1. The van der Waals surface area contributed by atoms with Crippen molar-refractivity contribution in [2.45, 2.75) is 10.8 Å². The third-order valence-electron chi connectivity index (χ3n) is 5.07. The Bertz CT molecular complexity index is 1290. The highest BCUT2D eigenvalue weighted by Crippen LogP contribution is 2.35.